The predicted molar refractivity (Wildman–Crippen MR) is 117 cm³/mol. The van der Waals surface area contributed by atoms with Crippen LogP contribution in [0.3, 0.4) is 0 Å². The summed E-state index contributed by atoms with van der Waals surface area (Å²) in [5, 5.41) is 15.6. The van der Waals surface area contributed by atoms with E-state index in [1.807, 2.05) is 29.1 Å². The van der Waals surface area contributed by atoms with Gasteiger partial charge in [-0.3, -0.25) is 0 Å². The molecule has 4 rings (SSSR count). The lowest BCUT2D eigenvalue weighted by Gasteiger charge is -2.21. The molecule has 0 saturated carbocycles. The Balaban J connectivity index is 1.45. The first kappa shape index (κ1) is 19.7. The summed E-state index contributed by atoms with van der Waals surface area (Å²) < 4.78 is 7.35. The van der Waals surface area contributed by atoms with E-state index in [0.717, 1.165) is 34.5 Å². The molecular formula is C20H22N6OS2. The van der Waals surface area contributed by atoms with Crippen LogP contribution in [-0.4, -0.2) is 38.0 Å². The van der Waals surface area contributed by atoms with E-state index < -0.39 is 0 Å². The fraction of sp³-hybridized carbons (Fsp3) is 0.300. The van der Waals surface area contributed by atoms with Gasteiger partial charge in [-0.2, -0.15) is 4.98 Å². The lowest BCUT2D eigenvalue weighted by atomic mass is 10.2. The second-order valence-electron chi connectivity index (χ2n) is 6.36. The standard InChI is InChI=1S/C20H22N6OS2/c1-4-26(5-2)15-10-8-14(9-11-15)19-22-23-20(25(19)3)29-13-17-21-18(24-27-17)16-7-6-12-28-16/h6-12H,4-5,13H2,1-3H3. The molecule has 150 valence electrons. The van der Waals surface area contributed by atoms with Crippen molar-refractivity contribution in [3.05, 3.63) is 47.7 Å². The van der Waals surface area contributed by atoms with Gasteiger partial charge in [0, 0.05) is 31.4 Å². The average Bonchev–Trinajstić information content (AvgIpc) is 3.49. The Bertz CT molecular complexity index is 1050. The van der Waals surface area contributed by atoms with Crippen LogP contribution in [0.5, 0.6) is 0 Å². The Hall–Kier alpha value is -2.65. The van der Waals surface area contributed by atoms with Crippen molar-refractivity contribution in [1.29, 1.82) is 0 Å². The Morgan fingerprint density at radius 3 is 2.59 bits per heavy atom. The monoisotopic (exact) mass is 426 g/mol. The minimum atomic E-state index is 0.547. The van der Waals surface area contributed by atoms with E-state index in [2.05, 4.69) is 63.4 Å². The van der Waals surface area contributed by atoms with E-state index >= 15 is 0 Å². The predicted octanol–water partition coefficient (Wildman–Crippen LogP) is 4.73. The van der Waals surface area contributed by atoms with Crippen LogP contribution in [0, 0.1) is 0 Å². The van der Waals surface area contributed by atoms with Crippen molar-refractivity contribution in [3.8, 4) is 22.1 Å². The molecular weight excluding hydrogens is 404 g/mol. The summed E-state index contributed by atoms with van der Waals surface area (Å²) in [6.45, 7) is 6.31. The normalized spacial score (nSPS) is 11.1. The molecule has 0 N–H and O–H groups in total. The Labute approximate surface area is 177 Å². The van der Waals surface area contributed by atoms with Gasteiger partial charge in [0.15, 0.2) is 11.0 Å². The number of hydrogen-bond acceptors (Lipinski definition) is 8. The zero-order valence-electron chi connectivity index (χ0n) is 16.6. The van der Waals surface area contributed by atoms with E-state index in [1.54, 1.807) is 11.3 Å². The number of rotatable bonds is 8. The van der Waals surface area contributed by atoms with Crippen LogP contribution >= 0.6 is 23.1 Å². The number of thiophene rings is 1. The maximum absolute atomic E-state index is 5.36. The van der Waals surface area contributed by atoms with Crippen LogP contribution in [0.2, 0.25) is 0 Å². The first-order valence-electron chi connectivity index (χ1n) is 9.43. The largest absolute Gasteiger partial charge is 0.372 e. The average molecular weight is 427 g/mol. The van der Waals surface area contributed by atoms with Gasteiger partial charge in [0.1, 0.15) is 0 Å². The van der Waals surface area contributed by atoms with Crippen LogP contribution in [0.4, 0.5) is 5.69 Å². The van der Waals surface area contributed by atoms with Crippen molar-refractivity contribution >= 4 is 28.8 Å². The third kappa shape index (κ3) is 4.20. The topological polar surface area (TPSA) is 72.9 Å². The Morgan fingerprint density at radius 2 is 1.90 bits per heavy atom. The zero-order valence-corrected chi connectivity index (χ0v) is 18.2. The molecule has 0 bridgehead atoms. The minimum Gasteiger partial charge on any atom is -0.372 e. The third-order valence-corrected chi connectivity index (χ3v) is 6.49. The fourth-order valence-corrected chi connectivity index (χ4v) is 4.45. The number of aromatic nitrogens is 5. The molecule has 0 fully saturated rings. The van der Waals surface area contributed by atoms with Gasteiger partial charge >= 0.3 is 0 Å². The second kappa shape index (κ2) is 8.79. The lowest BCUT2D eigenvalue weighted by Crippen LogP contribution is -2.21. The van der Waals surface area contributed by atoms with Gasteiger partial charge in [-0.25, -0.2) is 0 Å². The molecule has 0 atom stereocenters. The van der Waals surface area contributed by atoms with Crippen LogP contribution in [0.15, 0.2) is 51.5 Å². The van der Waals surface area contributed by atoms with Crippen LogP contribution in [0.1, 0.15) is 19.7 Å². The Morgan fingerprint density at radius 1 is 1.10 bits per heavy atom. The molecule has 0 radical (unpaired) electrons. The quantitative estimate of drug-likeness (QED) is 0.377. The van der Waals surface area contributed by atoms with Crippen molar-refractivity contribution in [2.45, 2.75) is 24.8 Å². The first-order chi connectivity index (χ1) is 14.2. The SMILES string of the molecule is CCN(CC)c1ccc(-c2nnc(SCc3nc(-c4cccs4)no3)n2C)cc1. The van der Waals surface area contributed by atoms with Crippen molar-refractivity contribution in [2.24, 2.45) is 7.05 Å². The number of hydrogen-bond donors (Lipinski definition) is 0. The van der Waals surface area contributed by atoms with Crippen molar-refractivity contribution in [3.63, 3.8) is 0 Å². The molecule has 0 amide bonds. The number of benzene rings is 1. The van der Waals surface area contributed by atoms with E-state index in [1.165, 1.54) is 17.4 Å². The van der Waals surface area contributed by atoms with Gasteiger partial charge in [-0.15, -0.1) is 21.5 Å². The number of thioether (sulfide) groups is 1. The highest BCUT2D eigenvalue weighted by molar-refractivity contribution is 7.98. The zero-order chi connectivity index (χ0) is 20.2. The first-order valence-corrected chi connectivity index (χ1v) is 11.3. The highest BCUT2D eigenvalue weighted by Gasteiger charge is 2.15. The van der Waals surface area contributed by atoms with Crippen LogP contribution in [0.25, 0.3) is 22.1 Å². The third-order valence-electron chi connectivity index (χ3n) is 4.62. The van der Waals surface area contributed by atoms with Crippen molar-refractivity contribution < 1.29 is 4.52 Å². The molecule has 29 heavy (non-hydrogen) atoms. The van der Waals surface area contributed by atoms with Gasteiger partial charge in [-0.05, 0) is 49.6 Å². The highest BCUT2D eigenvalue weighted by atomic mass is 32.2. The van der Waals surface area contributed by atoms with E-state index in [4.69, 9.17) is 4.52 Å². The molecule has 0 aliphatic rings. The van der Waals surface area contributed by atoms with Gasteiger partial charge in [0.05, 0.1) is 10.6 Å². The Kier molecular flexibility index (Phi) is 5.96. The molecule has 0 unspecified atom stereocenters. The summed E-state index contributed by atoms with van der Waals surface area (Å²) in [5.41, 5.74) is 2.26. The molecule has 0 saturated heterocycles. The van der Waals surface area contributed by atoms with Crippen molar-refractivity contribution in [2.75, 3.05) is 18.0 Å². The molecule has 3 heterocycles. The summed E-state index contributed by atoms with van der Waals surface area (Å²) in [4.78, 5) is 7.77. The fourth-order valence-electron chi connectivity index (χ4n) is 3.05. The number of anilines is 1. The van der Waals surface area contributed by atoms with E-state index in [-0.39, 0.29) is 0 Å². The molecule has 4 aromatic rings. The maximum Gasteiger partial charge on any atom is 0.237 e. The number of nitrogens with zero attached hydrogens (tertiary/aromatic N) is 6. The maximum atomic E-state index is 5.36. The summed E-state index contributed by atoms with van der Waals surface area (Å²) in [6, 6.07) is 12.4. The summed E-state index contributed by atoms with van der Waals surface area (Å²) in [6.07, 6.45) is 0. The van der Waals surface area contributed by atoms with Crippen molar-refractivity contribution in [1.82, 2.24) is 24.9 Å². The molecule has 9 heteroatoms. The molecule has 0 spiro atoms. The molecule has 3 aromatic heterocycles. The summed E-state index contributed by atoms with van der Waals surface area (Å²) in [7, 11) is 1.97. The lowest BCUT2D eigenvalue weighted by molar-refractivity contribution is 0.391. The van der Waals surface area contributed by atoms with Gasteiger partial charge in [0.2, 0.25) is 11.7 Å². The molecule has 0 aliphatic heterocycles. The van der Waals surface area contributed by atoms with Gasteiger partial charge < -0.3 is 14.0 Å². The van der Waals surface area contributed by atoms with Crippen LogP contribution in [-0.2, 0) is 12.8 Å². The van der Waals surface area contributed by atoms with E-state index in [0.29, 0.717) is 17.5 Å². The smallest absolute Gasteiger partial charge is 0.237 e. The summed E-state index contributed by atoms with van der Waals surface area (Å²) in [5.74, 6) is 2.59. The molecule has 1 aromatic carbocycles. The van der Waals surface area contributed by atoms with E-state index in [9.17, 15) is 0 Å². The summed E-state index contributed by atoms with van der Waals surface area (Å²) >= 11 is 3.12. The van der Waals surface area contributed by atoms with Crippen LogP contribution < -0.4 is 4.90 Å². The van der Waals surface area contributed by atoms with Gasteiger partial charge in [-0.1, -0.05) is 23.0 Å². The van der Waals surface area contributed by atoms with Gasteiger partial charge in [0.25, 0.3) is 0 Å². The molecule has 0 aliphatic carbocycles. The minimum absolute atomic E-state index is 0.547. The molecule has 7 nitrogen and oxygen atoms in total. The second-order valence-corrected chi connectivity index (χ2v) is 8.25. The highest BCUT2D eigenvalue weighted by Crippen LogP contribution is 2.27.